The first-order chi connectivity index (χ1) is 13.1. The molecule has 0 aromatic heterocycles. The summed E-state index contributed by atoms with van der Waals surface area (Å²) in [7, 11) is 0. The number of rotatable bonds is 16. The lowest BCUT2D eigenvalue weighted by atomic mass is 10.0. The van der Waals surface area contributed by atoms with Gasteiger partial charge in [0.25, 0.3) is 6.48 Å². The molecule has 3 nitrogen and oxygen atoms in total. The molecular weight excluding hydrogens is 350 g/mol. The Labute approximate surface area is 163 Å². The van der Waals surface area contributed by atoms with Crippen molar-refractivity contribution in [1.29, 1.82) is 0 Å². The smallest absolute Gasteiger partial charge is 0.271 e. The molecule has 0 N–H and O–H groups in total. The van der Waals surface area contributed by atoms with Gasteiger partial charge in [-0.2, -0.15) is 0 Å². The van der Waals surface area contributed by atoms with Crippen LogP contribution in [0.1, 0.15) is 77.7 Å². The van der Waals surface area contributed by atoms with Gasteiger partial charge in [0.1, 0.15) is 11.6 Å². The van der Waals surface area contributed by atoms with E-state index in [1.54, 1.807) is 0 Å². The molecule has 0 radical (unpaired) electrons. The van der Waals surface area contributed by atoms with E-state index < -0.39 is 18.1 Å². The summed E-state index contributed by atoms with van der Waals surface area (Å²) in [6.07, 6.45) is 9.48. The van der Waals surface area contributed by atoms with Crippen molar-refractivity contribution in [2.24, 2.45) is 0 Å². The van der Waals surface area contributed by atoms with Gasteiger partial charge in [0.05, 0.1) is 6.10 Å². The Kier molecular flexibility index (Phi) is 13.3. The van der Waals surface area contributed by atoms with Crippen LogP contribution in [0.5, 0.6) is 0 Å². The Hall–Kier alpha value is -1.04. The molecule has 1 atom stereocenters. The van der Waals surface area contributed by atoms with E-state index in [-0.39, 0.29) is 6.10 Å². The topological polar surface area (TPSA) is 27.7 Å². The highest BCUT2D eigenvalue weighted by Crippen LogP contribution is 2.19. The molecule has 1 unspecified atom stereocenters. The van der Waals surface area contributed by atoms with Gasteiger partial charge in [-0.3, -0.25) is 0 Å². The van der Waals surface area contributed by atoms with Gasteiger partial charge < -0.3 is 14.2 Å². The van der Waals surface area contributed by atoms with Crippen molar-refractivity contribution in [2.45, 2.75) is 91.1 Å². The molecule has 0 amide bonds. The van der Waals surface area contributed by atoms with Gasteiger partial charge >= 0.3 is 0 Å². The fourth-order valence-corrected chi connectivity index (χ4v) is 3.10. The highest BCUT2D eigenvalue weighted by Gasteiger charge is 2.18. The largest absolute Gasteiger partial charge is 0.330 e. The predicted octanol–water partition coefficient (Wildman–Crippen LogP) is 6.39. The molecule has 0 aliphatic carbocycles. The van der Waals surface area contributed by atoms with Crippen LogP contribution in [0.15, 0.2) is 18.2 Å². The number of hydrogen-bond acceptors (Lipinski definition) is 3. The van der Waals surface area contributed by atoms with Crippen molar-refractivity contribution in [1.82, 2.24) is 0 Å². The first-order valence-electron chi connectivity index (χ1n) is 10.4. The molecule has 1 aromatic carbocycles. The van der Waals surface area contributed by atoms with Gasteiger partial charge in [0, 0.05) is 19.3 Å². The van der Waals surface area contributed by atoms with Gasteiger partial charge in [0.15, 0.2) is 0 Å². The van der Waals surface area contributed by atoms with Crippen molar-refractivity contribution in [3.8, 4) is 0 Å². The van der Waals surface area contributed by atoms with Crippen LogP contribution in [0, 0.1) is 11.6 Å². The Morgan fingerprint density at radius 3 is 1.89 bits per heavy atom. The predicted molar refractivity (Wildman–Crippen MR) is 105 cm³/mol. The second-order valence-electron chi connectivity index (χ2n) is 6.85. The highest BCUT2D eigenvalue weighted by atomic mass is 19.1. The summed E-state index contributed by atoms with van der Waals surface area (Å²) < 4.78 is 43.9. The van der Waals surface area contributed by atoms with E-state index in [4.69, 9.17) is 14.2 Å². The second-order valence-corrected chi connectivity index (χ2v) is 6.85. The normalized spacial score (nSPS) is 12.7. The third-order valence-corrected chi connectivity index (χ3v) is 4.42. The second kappa shape index (κ2) is 14.9. The zero-order valence-electron chi connectivity index (χ0n) is 17.1. The minimum absolute atomic E-state index is 0.204. The molecule has 156 valence electrons. The number of benzene rings is 1. The molecule has 1 rings (SSSR count). The van der Waals surface area contributed by atoms with E-state index in [0.29, 0.717) is 25.2 Å². The minimum atomic E-state index is -0.743. The van der Waals surface area contributed by atoms with Crippen LogP contribution in [0.2, 0.25) is 0 Å². The standard InChI is InChI=1S/C22H36F2O3/c1-4-7-8-9-10-11-12-13-21(27-22(25-5-2)26-6-3)16-18-14-19(23)17-20(24)15-18/h14-15,17,21-22H,4-13,16H2,1-3H3. The van der Waals surface area contributed by atoms with E-state index in [9.17, 15) is 8.78 Å². The molecule has 0 saturated carbocycles. The Morgan fingerprint density at radius 1 is 0.778 bits per heavy atom. The van der Waals surface area contributed by atoms with Crippen LogP contribution < -0.4 is 0 Å². The zero-order valence-corrected chi connectivity index (χ0v) is 17.1. The maximum Gasteiger partial charge on any atom is 0.271 e. The van der Waals surface area contributed by atoms with Crippen molar-refractivity contribution < 1.29 is 23.0 Å². The molecule has 0 aliphatic rings. The first-order valence-corrected chi connectivity index (χ1v) is 10.4. The van der Waals surface area contributed by atoms with Crippen molar-refractivity contribution >= 4 is 0 Å². The van der Waals surface area contributed by atoms with E-state index in [0.717, 1.165) is 25.3 Å². The average molecular weight is 387 g/mol. The number of unbranched alkanes of at least 4 members (excludes halogenated alkanes) is 6. The molecule has 5 heteroatoms. The Balaban J connectivity index is 2.59. The fourth-order valence-electron chi connectivity index (χ4n) is 3.10. The monoisotopic (exact) mass is 386 g/mol. The van der Waals surface area contributed by atoms with Crippen molar-refractivity contribution in [3.05, 3.63) is 35.4 Å². The van der Waals surface area contributed by atoms with Crippen LogP contribution in [0.25, 0.3) is 0 Å². The number of ether oxygens (including phenoxy) is 3. The molecule has 1 aromatic rings. The fraction of sp³-hybridized carbons (Fsp3) is 0.727. The molecule has 0 bridgehead atoms. The lowest BCUT2D eigenvalue weighted by Crippen LogP contribution is -2.29. The van der Waals surface area contributed by atoms with Crippen LogP contribution in [0.3, 0.4) is 0 Å². The van der Waals surface area contributed by atoms with E-state index in [1.165, 1.54) is 44.2 Å². The SMILES string of the molecule is CCCCCCCCCC(Cc1cc(F)cc(F)c1)OC(OCC)OCC. The molecule has 27 heavy (non-hydrogen) atoms. The summed E-state index contributed by atoms with van der Waals surface area (Å²) in [5.74, 6) is -1.13. The lowest BCUT2D eigenvalue weighted by molar-refractivity contribution is -0.301. The summed E-state index contributed by atoms with van der Waals surface area (Å²) in [5, 5.41) is 0. The minimum Gasteiger partial charge on any atom is -0.330 e. The lowest BCUT2D eigenvalue weighted by Gasteiger charge is -2.24. The van der Waals surface area contributed by atoms with Gasteiger partial charge in [-0.05, 0) is 44.4 Å². The van der Waals surface area contributed by atoms with Crippen LogP contribution >= 0.6 is 0 Å². The summed E-state index contributed by atoms with van der Waals surface area (Å²) >= 11 is 0. The molecule has 0 aliphatic heterocycles. The third-order valence-electron chi connectivity index (χ3n) is 4.42. The van der Waals surface area contributed by atoms with Crippen molar-refractivity contribution in [2.75, 3.05) is 13.2 Å². The maximum absolute atomic E-state index is 13.5. The first kappa shape index (κ1) is 24.0. The Morgan fingerprint density at radius 2 is 1.33 bits per heavy atom. The number of halogens is 2. The Bertz CT molecular complexity index is 470. The molecule has 0 heterocycles. The van der Waals surface area contributed by atoms with Gasteiger partial charge in [-0.15, -0.1) is 0 Å². The van der Waals surface area contributed by atoms with Crippen LogP contribution in [-0.4, -0.2) is 25.8 Å². The summed E-state index contributed by atoms with van der Waals surface area (Å²) in [5.41, 5.74) is 0.590. The van der Waals surface area contributed by atoms with Gasteiger partial charge in [-0.25, -0.2) is 8.78 Å². The maximum atomic E-state index is 13.5. The van der Waals surface area contributed by atoms with E-state index in [2.05, 4.69) is 6.92 Å². The van der Waals surface area contributed by atoms with Gasteiger partial charge in [-0.1, -0.05) is 51.9 Å². The molecule has 0 fully saturated rings. The average Bonchev–Trinajstić information content (AvgIpc) is 2.60. The summed E-state index contributed by atoms with van der Waals surface area (Å²) in [6, 6.07) is 3.61. The number of hydrogen-bond donors (Lipinski definition) is 0. The summed E-state index contributed by atoms with van der Waals surface area (Å²) in [4.78, 5) is 0. The van der Waals surface area contributed by atoms with Crippen LogP contribution in [-0.2, 0) is 20.6 Å². The molecular formula is C22H36F2O3. The van der Waals surface area contributed by atoms with E-state index in [1.807, 2.05) is 13.8 Å². The molecule has 0 spiro atoms. The zero-order chi connectivity index (χ0) is 19.9. The third kappa shape index (κ3) is 11.4. The molecule has 0 saturated heterocycles. The highest BCUT2D eigenvalue weighted by molar-refractivity contribution is 5.18. The van der Waals surface area contributed by atoms with Gasteiger partial charge in [0.2, 0.25) is 0 Å². The van der Waals surface area contributed by atoms with E-state index >= 15 is 0 Å². The van der Waals surface area contributed by atoms with Crippen molar-refractivity contribution in [3.63, 3.8) is 0 Å². The summed E-state index contributed by atoms with van der Waals surface area (Å²) in [6.45, 7) is 6.18. The quantitative estimate of drug-likeness (QED) is 0.243. The van der Waals surface area contributed by atoms with Crippen LogP contribution in [0.4, 0.5) is 8.78 Å².